The third-order valence-electron chi connectivity index (χ3n) is 3.01. The Morgan fingerprint density at radius 3 is 2.12 bits per heavy atom. The van der Waals surface area contributed by atoms with Crippen LogP contribution in [0.3, 0.4) is 0 Å². The molecule has 0 saturated carbocycles. The van der Waals surface area contributed by atoms with Gasteiger partial charge < -0.3 is 19.2 Å². The van der Waals surface area contributed by atoms with Gasteiger partial charge in [-0.2, -0.15) is 0 Å². The lowest BCUT2D eigenvalue weighted by Crippen LogP contribution is -2.34. The number of esters is 2. The van der Waals surface area contributed by atoms with E-state index in [1.165, 1.54) is 44.7 Å². The van der Waals surface area contributed by atoms with Gasteiger partial charge in [-0.25, -0.2) is 9.59 Å². The lowest BCUT2D eigenvalue weighted by molar-refractivity contribution is 0.0599. The minimum atomic E-state index is -0.639. The van der Waals surface area contributed by atoms with Gasteiger partial charge in [0.2, 0.25) is 0 Å². The summed E-state index contributed by atoms with van der Waals surface area (Å²) >= 11 is 5.04. The van der Waals surface area contributed by atoms with Gasteiger partial charge in [-0.15, -0.1) is 0 Å². The summed E-state index contributed by atoms with van der Waals surface area (Å²) in [5.41, 5.74) is 0.536. The van der Waals surface area contributed by atoms with Crippen molar-refractivity contribution in [3.8, 4) is 0 Å². The molecule has 2 rings (SSSR count). The van der Waals surface area contributed by atoms with Gasteiger partial charge in [-0.1, -0.05) is 0 Å². The molecular weight excluding hydrogens is 348 g/mol. The number of furan rings is 1. The van der Waals surface area contributed by atoms with Crippen molar-refractivity contribution in [2.24, 2.45) is 0 Å². The van der Waals surface area contributed by atoms with Gasteiger partial charge in [0.25, 0.3) is 5.91 Å². The molecule has 25 heavy (non-hydrogen) atoms. The second-order valence-electron chi connectivity index (χ2n) is 4.67. The smallest absolute Gasteiger partial charge is 0.337 e. The first-order chi connectivity index (χ1) is 11.9. The summed E-state index contributed by atoms with van der Waals surface area (Å²) in [6, 6.07) is 7.21. The van der Waals surface area contributed by atoms with Gasteiger partial charge >= 0.3 is 11.9 Å². The molecule has 2 N–H and O–H groups in total. The molecule has 0 fully saturated rings. The molecule has 0 aliphatic rings. The summed E-state index contributed by atoms with van der Waals surface area (Å²) in [4.78, 5) is 35.3. The number of carbonyl (C=O) groups excluding carboxylic acids is 3. The molecule has 0 bridgehead atoms. The van der Waals surface area contributed by atoms with Crippen molar-refractivity contribution >= 4 is 40.9 Å². The van der Waals surface area contributed by atoms with E-state index in [0.29, 0.717) is 5.69 Å². The molecule has 0 aliphatic heterocycles. The molecular formula is C16H14N2O6S. The van der Waals surface area contributed by atoms with Gasteiger partial charge in [-0.05, 0) is 42.5 Å². The van der Waals surface area contributed by atoms with Crippen molar-refractivity contribution in [3.63, 3.8) is 0 Å². The first-order valence-corrected chi connectivity index (χ1v) is 7.33. The van der Waals surface area contributed by atoms with Gasteiger partial charge in [0.05, 0.1) is 31.6 Å². The van der Waals surface area contributed by atoms with E-state index in [4.69, 9.17) is 16.6 Å². The van der Waals surface area contributed by atoms with Crippen LogP contribution in [0.25, 0.3) is 0 Å². The predicted molar refractivity (Wildman–Crippen MR) is 91.5 cm³/mol. The SMILES string of the molecule is COC(=O)c1cc(NC(=S)NC(=O)c2ccco2)cc(C(=O)OC)c1. The number of carbonyl (C=O) groups is 3. The summed E-state index contributed by atoms with van der Waals surface area (Å²) in [7, 11) is 2.43. The summed E-state index contributed by atoms with van der Waals surface area (Å²) < 4.78 is 14.2. The van der Waals surface area contributed by atoms with E-state index in [1.54, 1.807) is 6.07 Å². The van der Waals surface area contributed by atoms with E-state index in [9.17, 15) is 14.4 Å². The van der Waals surface area contributed by atoms with Crippen LogP contribution in [0.2, 0.25) is 0 Å². The third kappa shape index (κ3) is 4.64. The summed E-state index contributed by atoms with van der Waals surface area (Å²) in [5.74, 6) is -1.73. The number of methoxy groups -OCH3 is 2. The van der Waals surface area contributed by atoms with Crippen LogP contribution in [0.4, 0.5) is 5.69 Å². The highest BCUT2D eigenvalue weighted by atomic mass is 32.1. The van der Waals surface area contributed by atoms with E-state index in [-0.39, 0.29) is 22.0 Å². The topological polar surface area (TPSA) is 107 Å². The van der Waals surface area contributed by atoms with E-state index < -0.39 is 17.8 Å². The van der Waals surface area contributed by atoms with Crippen LogP contribution in [0.15, 0.2) is 41.0 Å². The molecule has 0 spiro atoms. The van der Waals surface area contributed by atoms with Crippen LogP contribution in [-0.2, 0) is 9.47 Å². The monoisotopic (exact) mass is 362 g/mol. The predicted octanol–water partition coefficient (Wildman–Crippen LogP) is 1.98. The average molecular weight is 362 g/mol. The highest BCUT2D eigenvalue weighted by Crippen LogP contribution is 2.17. The molecule has 130 valence electrons. The molecule has 0 unspecified atom stereocenters. The second kappa shape index (κ2) is 8.06. The van der Waals surface area contributed by atoms with Crippen molar-refractivity contribution < 1.29 is 28.3 Å². The zero-order valence-electron chi connectivity index (χ0n) is 13.3. The van der Waals surface area contributed by atoms with Gasteiger partial charge in [-0.3, -0.25) is 10.1 Å². The van der Waals surface area contributed by atoms with Gasteiger partial charge in [0, 0.05) is 5.69 Å². The van der Waals surface area contributed by atoms with Crippen molar-refractivity contribution in [1.82, 2.24) is 5.32 Å². The van der Waals surface area contributed by atoms with Crippen molar-refractivity contribution in [3.05, 3.63) is 53.5 Å². The summed E-state index contributed by atoms with van der Waals surface area (Å²) in [5, 5.41) is 5.08. The maximum atomic E-state index is 11.9. The molecule has 1 amide bonds. The fourth-order valence-electron chi connectivity index (χ4n) is 1.91. The number of amides is 1. The number of hydrogen-bond donors (Lipinski definition) is 2. The Bertz CT molecular complexity index is 782. The van der Waals surface area contributed by atoms with E-state index in [1.807, 2.05) is 0 Å². The minimum Gasteiger partial charge on any atom is -0.465 e. The number of hydrogen-bond acceptors (Lipinski definition) is 7. The Balaban J connectivity index is 2.19. The standard InChI is InChI=1S/C16H14N2O6S/c1-22-14(20)9-6-10(15(21)23-2)8-11(7-9)17-16(25)18-13(19)12-4-3-5-24-12/h3-8H,1-2H3,(H2,17,18,19,25). The average Bonchev–Trinajstić information content (AvgIpc) is 3.14. The minimum absolute atomic E-state index is 0.0424. The Hall–Kier alpha value is -3.20. The Morgan fingerprint density at radius 1 is 1.04 bits per heavy atom. The number of thiocarbonyl (C=S) groups is 1. The van der Waals surface area contributed by atoms with Crippen LogP contribution in [-0.4, -0.2) is 37.2 Å². The molecule has 1 aromatic heterocycles. The van der Waals surface area contributed by atoms with Crippen LogP contribution in [0, 0.1) is 0 Å². The molecule has 8 nitrogen and oxygen atoms in total. The Morgan fingerprint density at radius 2 is 1.64 bits per heavy atom. The summed E-state index contributed by atoms with van der Waals surface area (Å²) in [6.45, 7) is 0. The van der Waals surface area contributed by atoms with Crippen molar-refractivity contribution in [2.75, 3.05) is 19.5 Å². The largest absolute Gasteiger partial charge is 0.465 e. The van der Waals surface area contributed by atoms with Crippen molar-refractivity contribution in [2.45, 2.75) is 0 Å². The number of ether oxygens (including phenoxy) is 2. The normalized spacial score (nSPS) is 9.84. The van der Waals surface area contributed by atoms with Crippen LogP contribution >= 0.6 is 12.2 Å². The number of benzene rings is 1. The lowest BCUT2D eigenvalue weighted by atomic mass is 10.1. The number of nitrogens with one attached hydrogen (secondary N) is 2. The van der Waals surface area contributed by atoms with Crippen molar-refractivity contribution in [1.29, 1.82) is 0 Å². The lowest BCUT2D eigenvalue weighted by Gasteiger charge is -2.11. The van der Waals surface area contributed by atoms with Crippen LogP contribution in [0.1, 0.15) is 31.3 Å². The highest BCUT2D eigenvalue weighted by molar-refractivity contribution is 7.80. The maximum Gasteiger partial charge on any atom is 0.337 e. The fraction of sp³-hybridized carbons (Fsp3) is 0.125. The van der Waals surface area contributed by atoms with E-state index in [0.717, 1.165) is 0 Å². The van der Waals surface area contributed by atoms with Gasteiger partial charge in [0.1, 0.15) is 0 Å². The Kier molecular flexibility index (Phi) is 5.85. The first-order valence-electron chi connectivity index (χ1n) is 6.92. The fourth-order valence-corrected chi connectivity index (χ4v) is 2.12. The van der Waals surface area contributed by atoms with E-state index >= 15 is 0 Å². The molecule has 9 heteroatoms. The molecule has 1 heterocycles. The zero-order chi connectivity index (χ0) is 18.4. The third-order valence-corrected chi connectivity index (χ3v) is 3.21. The highest BCUT2D eigenvalue weighted by Gasteiger charge is 2.15. The van der Waals surface area contributed by atoms with Crippen LogP contribution in [0.5, 0.6) is 0 Å². The zero-order valence-corrected chi connectivity index (χ0v) is 14.1. The van der Waals surface area contributed by atoms with Crippen LogP contribution < -0.4 is 10.6 Å². The van der Waals surface area contributed by atoms with Gasteiger partial charge in [0.15, 0.2) is 10.9 Å². The summed E-state index contributed by atoms with van der Waals surface area (Å²) in [6.07, 6.45) is 1.36. The Labute approximate surface area is 148 Å². The van der Waals surface area contributed by atoms with E-state index in [2.05, 4.69) is 20.1 Å². The molecule has 0 radical (unpaired) electrons. The number of anilines is 1. The molecule has 0 aliphatic carbocycles. The second-order valence-corrected chi connectivity index (χ2v) is 5.08. The molecule has 1 aromatic carbocycles. The molecule has 2 aromatic rings. The quantitative estimate of drug-likeness (QED) is 0.628. The molecule has 0 atom stereocenters. The molecule has 0 saturated heterocycles. The number of rotatable bonds is 4. The maximum absolute atomic E-state index is 11.9. The first kappa shape index (κ1) is 18.1.